The van der Waals surface area contributed by atoms with Crippen LogP contribution >= 0.6 is 11.8 Å². The van der Waals surface area contributed by atoms with Crippen LogP contribution < -0.4 is 4.90 Å². The number of nitrogens with zero attached hydrogens (tertiary/aromatic N) is 4. The average molecular weight is 409 g/mol. The summed E-state index contributed by atoms with van der Waals surface area (Å²) in [6.45, 7) is 6.87. The largest absolute Gasteiger partial charge is 0.378 e. The van der Waals surface area contributed by atoms with Gasteiger partial charge in [-0.3, -0.25) is 9.36 Å². The van der Waals surface area contributed by atoms with E-state index < -0.39 is 0 Å². The van der Waals surface area contributed by atoms with Crippen LogP contribution in [0.4, 0.5) is 5.95 Å². The predicted octanol–water partition coefficient (Wildman–Crippen LogP) is 3.78. The predicted molar refractivity (Wildman–Crippen MR) is 115 cm³/mol. The number of hydrogen-bond donors (Lipinski definition) is 0. The van der Waals surface area contributed by atoms with E-state index >= 15 is 0 Å². The van der Waals surface area contributed by atoms with Crippen LogP contribution in [0.2, 0.25) is 0 Å². The smallest absolute Gasteiger partial charge is 0.232 e. The lowest BCUT2D eigenvalue weighted by atomic mass is 10.1. The Morgan fingerprint density at radius 2 is 1.83 bits per heavy atom. The van der Waals surface area contributed by atoms with Gasteiger partial charge in [-0.1, -0.05) is 54.2 Å². The molecule has 7 heteroatoms. The molecule has 29 heavy (non-hydrogen) atoms. The van der Waals surface area contributed by atoms with Crippen molar-refractivity contribution < 1.29 is 9.53 Å². The first-order valence-corrected chi connectivity index (χ1v) is 10.6. The first-order chi connectivity index (χ1) is 14.1. The number of ether oxygens (including phenoxy) is 1. The maximum atomic E-state index is 12.9. The van der Waals surface area contributed by atoms with Crippen LogP contribution in [0.15, 0.2) is 59.8 Å². The Kier molecular flexibility index (Phi) is 5.97. The van der Waals surface area contributed by atoms with E-state index in [1.54, 1.807) is 0 Å². The summed E-state index contributed by atoms with van der Waals surface area (Å²) in [4.78, 5) is 15.0. The summed E-state index contributed by atoms with van der Waals surface area (Å²) in [7, 11) is 0. The second-order valence-corrected chi connectivity index (χ2v) is 8.35. The van der Waals surface area contributed by atoms with Crippen molar-refractivity contribution in [3.05, 3.63) is 65.7 Å². The molecule has 1 fully saturated rings. The van der Waals surface area contributed by atoms with Gasteiger partial charge in [0, 0.05) is 18.7 Å². The highest BCUT2D eigenvalue weighted by molar-refractivity contribution is 8.00. The molecule has 2 aromatic carbocycles. The van der Waals surface area contributed by atoms with Crippen molar-refractivity contribution in [1.29, 1.82) is 0 Å². The number of aryl methyl sites for hydroxylation is 1. The molecule has 0 saturated carbocycles. The zero-order valence-corrected chi connectivity index (χ0v) is 17.4. The third-order valence-electron chi connectivity index (χ3n) is 4.88. The van der Waals surface area contributed by atoms with Crippen molar-refractivity contribution >= 4 is 23.5 Å². The standard InChI is InChI=1S/C22H24N4O2S/c1-16-7-6-10-19(15-16)26-21(25-11-13-28-14-12-25)23-24-22(26)29-17(2)20(27)18-8-4-3-5-9-18/h3-10,15,17H,11-14H2,1-2H3. The van der Waals surface area contributed by atoms with E-state index in [2.05, 4.69) is 38.7 Å². The molecule has 0 radical (unpaired) electrons. The monoisotopic (exact) mass is 408 g/mol. The van der Waals surface area contributed by atoms with Crippen LogP contribution in [0, 0.1) is 6.92 Å². The van der Waals surface area contributed by atoms with Gasteiger partial charge < -0.3 is 9.64 Å². The van der Waals surface area contributed by atoms with Crippen LogP contribution in [0.25, 0.3) is 5.69 Å². The molecule has 1 unspecified atom stereocenters. The summed E-state index contributed by atoms with van der Waals surface area (Å²) in [6.07, 6.45) is 0. The molecule has 6 nitrogen and oxygen atoms in total. The molecule has 0 spiro atoms. The summed E-state index contributed by atoms with van der Waals surface area (Å²) in [6, 6.07) is 17.6. The SMILES string of the molecule is Cc1cccc(-n2c(SC(C)C(=O)c3ccccc3)nnc2N2CCOCC2)c1. The van der Waals surface area contributed by atoms with Crippen LogP contribution in [0.3, 0.4) is 0 Å². The van der Waals surface area contributed by atoms with Crippen molar-refractivity contribution in [2.75, 3.05) is 31.2 Å². The minimum Gasteiger partial charge on any atom is -0.378 e. The van der Waals surface area contributed by atoms with Crippen molar-refractivity contribution in [2.24, 2.45) is 0 Å². The second-order valence-electron chi connectivity index (χ2n) is 7.05. The number of thioether (sulfide) groups is 1. The van der Waals surface area contributed by atoms with Gasteiger partial charge in [-0.25, -0.2) is 0 Å². The number of morpholine rings is 1. The lowest BCUT2D eigenvalue weighted by molar-refractivity contribution is 0.0994. The number of benzene rings is 2. The maximum absolute atomic E-state index is 12.9. The number of Topliss-reactive ketones (excluding diaryl/α,β-unsaturated/α-hetero) is 1. The molecule has 1 atom stereocenters. The van der Waals surface area contributed by atoms with Crippen LogP contribution in [-0.2, 0) is 4.74 Å². The van der Waals surface area contributed by atoms with E-state index in [9.17, 15) is 4.79 Å². The number of carbonyl (C=O) groups is 1. The van der Waals surface area contributed by atoms with E-state index in [0.29, 0.717) is 23.9 Å². The van der Waals surface area contributed by atoms with E-state index in [1.807, 2.05) is 49.4 Å². The average Bonchev–Trinajstić information content (AvgIpc) is 3.18. The Balaban J connectivity index is 1.67. The summed E-state index contributed by atoms with van der Waals surface area (Å²) in [5.41, 5.74) is 2.87. The Morgan fingerprint density at radius 3 is 2.55 bits per heavy atom. The first kappa shape index (κ1) is 19.7. The molecule has 1 aliphatic heterocycles. The van der Waals surface area contributed by atoms with Crippen molar-refractivity contribution in [1.82, 2.24) is 14.8 Å². The van der Waals surface area contributed by atoms with Gasteiger partial charge >= 0.3 is 0 Å². The highest BCUT2D eigenvalue weighted by atomic mass is 32.2. The van der Waals surface area contributed by atoms with Crippen LogP contribution in [0.1, 0.15) is 22.8 Å². The zero-order valence-electron chi connectivity index (χ0n) is 16.6. The molecule has 1 aliphatic rings. The molecule has 0 amide bonds. The molecule has 150 valence electrons. The number of ketones is 1. The lowest BCUT2D eigenvalue weighted by Gasteiger charge is -2.28. The summed E-state index contributed by atoms with van der Waals surface area (Å²) in [5, 5.41) is 9.38. The van der Waals surface area contributed by atoms with E-state index in [4.69, 9.17) is 4.74 Å². The highest BCUT2D eigenvalue weighted by Gasteiger charge is 2.25. The molecule has 4 rings (SSSR count). The van der Waals surface area contributed by atoms with Crippen LogP contribution in [0.5, 0.6) is 0 Å². The fourth-order valence-corrected chi connectivity index (χ4v) is 4.29. The van der Waals surface area contributed by atoms with Crippen molar-refractivity contribution in [3.8, 4) is 5.69 Å². The number of hydrogen-bond acceptors (Lipinski definition) is 6. The fourth-order valence-electron chi connectivity index (χ4n) is 3.35. The van der Waals surface area contributed by atoms with E-state index in [-0.39, 0.29) is 11.0 Å². The van der Waals surface area contributed by atoms with Gasteiger partial charge in [-0.15, -0.1) is 10.2 Å². The Bertz CT molecular complexity index is 983. The highest BCUT2D eigenvalue weighted by Crippen LogP contribution is 2.31. The van der Waals surface area contributed by atoms with Gasteiger partial charge in [0.1, 0.15) is 0 Å². The molecule has 3 aromatic rings. The summed E-state index contributed by atoms with van der Waals surface area (Å²) >= 11 is 1.44. The third kappa shape index (κ3) is 4.36. The molecular weight excluding hydrogens is 384 g/mol. The number of carbonyl (C=O) groups excluding carboxylic acids is 1. The molecule has 0 N–H and O–H groups in total. The first-order valence-electron chi connectivity index (χ1n) is 9.74. The fraction of sp³-hybridized carbons (Fsp3) is 0.318. The van der Waals surface area contributed by atoms with Gasteiger partial charge in [0.2, 0.25) is 5.95 Å². The minimum atomic E-state index is -0.275. The Hall–Kier alpha value is -2.64. The molecule has 1 aromatic heterocycles. The Morgan fingerprint density at radius 1 is 1.07 bits per heavy atom. The van der Waals surface area contributed by atoms with E-state index in [0.717, 1.165) is 30.3 Å². The molecular formula is C22H24N4O2S. The number of rotatable bonds is 6. The van der Waals surface area contributed by atoms with Gasteiger partial charge in [0.05, 0.1) is 24.2 Å². The lowest BCUT2D eigenvalue weighted by Crippen LogP contribution is -2.37. The number of aromatic nitrogens is 3. The maximum Gasteiger partial charge on any atom is 0.232 e. The topological polar surface area (TPSA) is 60.2 Å². The van der Waals surface area contributed by atoms with Gasteiger partial charge in [-0.2, -0.15) is 0 Å². The van der Waals surface area contributed by atoms with E-state index in [1.165, 1.54) is 11.8 Å². The molecule has 1 saturated heterocycles. The molecule has 0 bridgehead atoms. The minimum absolute atomic E-state index is 0.0855. The zero-order chi connectivity index (χ0) is 20.2. The number of anilines is 1. The summed E-state index contributed by atoms with van der Waals surface area (Å²) in [5.74, 6) is 0.878. The van der Waals surface area contributed by atoms with Gasteiger partial charge in [0.15, 0.2) is 10.9 Å². The van der Waals surface area contributed by atoms with Gasteiger partial charge in [0.25, 0.3) is 0 Å². The second kappa shape index (κ2) is 8.80. The quantitative estimate of drug-likeness (QED) is 0.457. The summed E-state index contributed by atoms with van der Waals surface area (Å²) < 4.78 is 7.54. The molecule has 0 aliphatic carbocycles. The van der Waals surface area contributed by atoms with Crippen LogP contribution in [-0.4, -0.2) is 52.1 Å². The van der Waals surface area contributed by atoms with Gasteiger partial charge in [-0.05, 0) is 31.5 Å². The third-order valence-corrected chi connectivity index (χ3v) is 5.92. The normalized spacial score (nSPS) is 15.3. The molecule has 2 heterocycles. The Labute approximate surface area is 174 Å². The van der Waals surface area contributed by atoms with Crippen molar-refractivity contribution in [3.63, 3.8) is 0 Å². The van der Waals surface area contributed by atoms with Crippen molar-refractivity contribution in [2.45, 2.75) is 24.3 Å².